The highest BCUT2D eigenvalue weighted by Gasteiger charge is 2.11. The maximum atomic E-state index is 3.52. The summed E-state index contributed by atoms with van der Waals surface area (Å²) in [6.45, 7) is 3.37. The molecule has 0 amide bonds. The molecule has 0 aromatic carbocycles. The summed E-state index contributed by atoms with van der Waals surface area (Å²) >= 11 is 1.86. The van der Waals surface area contributed by atoms with Crippen LogP contribution in [0.2, 0.25) is 0 Å². The van der Waals surface area contributed by atoms with E-state index >= 15 is 0 Å². The first kappa shape index (κ1) is 9.19. The minimum atomic E-state index is 0.677. The second-order valence-corrected chi connectivity index (χ2v) is 4.51. The Morgan fingerprint density at radius 2 is 2.46 bits per heavy atom. The highest BCUT2D eigenvalue weighted by atomic mass is 32.1. The lowest BCUT2D eigenvalue weighted by Crippen LogP contribution is -2.48. The second-order valence-electron chi connectivity index (χ2n) is 3.47. The van der Waals surface area contributed by atoms with Gasteiger partial charge in [-0.25, -0.2) is 0 Å². The molecule has 1 aliphatic rings. The lowest BCUT2D eigenvalue weighted by atomic mass is 10.1. The van der Waals surface area contributed by atoms with Crippen LogP contribution in [-0.2, 0) is 6.42 Å². The molecule has 13 heavy (non-hydrogen) atoms. The summed E-state index contributed by atoms with van der Waals surface area (Å²) in [5.74, 6) is 0. The van der Waals surface area contributed by atoms with E-state index in [9.17, 15) is 0 Å². The third kappa shape index (κ3) is 2.79. The Hall–Kier alpha value is -0.380. The van der Waals surface area contributed by atoms with Crippen molar-refractivity contribution in [2.45, 2.75) is 18.9 Å². The predicted octanol–water partition coefficient (Wildman–Crippen LogP) is 1.24. The van der Waals surface area contributed by atoms with Crippen LogP contribution in [0.25, 0.3) is 0 Å². The standard InChI is InChI=1S/C10H16N2S/c1-2-10(13-7-1)4-3-9-8-11-5-6-12-9/h1-2,7,9,11-12H,3-6,8H2. The van der Waals surface area contributed by atoms with E-state index in [0.717, 1.165) is 19.6 Å². The van der Waals surface area contributed by atoms with Crippen molar-refractivity contribution in [2.24, 2.45) is 0 Å². The minimum absolute atomic E-state index is 0.677. The van der Waals surface area contributed by atoms with Gasteiger partial charge in [-0.1, -0.05) is 6.07 Å². The monoisotopic (exact) mass is 196 g/mol. The van der Waals surface area contributed by atoms with Gasteiger partial charge in [-0.2, -0.15) is 0 Å². The van der Waals surface area contributed by atoms with Gasteiger partial charge in [0.25, 0.3) is 0 Å². The maximum Gasteiger partial charge on any atom is 0.0196 e. The van der Waals surface area contributed by atoms with E-state index in [-0.39, 0.29) is 0 Å². The SMILES string of the molecule is c1csc(CCC2CNCCN2)c1. The van der Waals surface area contributed by atoms with E-state index < -0.39 is 0 Å². The van der Waals surface area contributed by atoms with Gasteiger partial charge in [0.1, 0.15) is 0 Å². The van der Waals surface area contributed by atoms with Crippen LogP contribution in [0.4, 0.5) is 0 Å². The van der Waals surface area contributed by atoms with Crippen LogP contribution >= 0.6 is 11.3 Å². The summed E-state index contributed by atoms with van der Waals surface area (Å²) in [6.07, 6.45) is 2.48. The molecule has 72 valence electrons. The fourth-order valence-electron chi connectivity index (χ4n) is 1.69. The molecule has 2 heterocycles. The first-order valence-electron chi connectivity index (χ1n) is 4.91. The highest BCUT2D eigenvalue weighted by Crippen LogP contribution is 2.12. The Kier molecular flexibility index (Phi) is 3.35. The molecule has 2 nitrogen and oxygen atoms in total. The number of hydrogen-bond acceptors (Lipinski definition) is 3. The molecule has 0 bridgehead atoms. The van der Waals surface area contributed by atoms with E-state index in [1.165, 1.54) is 17.7 Å². The van der Waals surface area contributed by atoms with Crippen molar-refractivity contribution in [3.63, 3.8) is 0 Å². The summed E-state index contributed by atoms with van der Waals surface area (Å²) in [5.41, 5.74) is 0. The molecule has 1 saturated heterocycles. The molecule has 1 aliphatic heterocycles. The summed E-state index contributed by atoms with van der Waals surface area (Å²) in [5, 5.41) is 9.08. The normalized spacial score (nSPS) is 23.2. The van der Waals surface area contributed by atoms with Gasteiger partial charge < -0.3 is 10.6 Å². The van der Waals surface area contributed by atoms with Crippen LogP contribution in [-0.4, -0.2) is 25.7 Å². The maximum absolute atomic E-state index is 3.52. The van der Waals surface area contributed by atoms with Crippen molar-refractivity contribution >= 4 is 11.3 Å². The Labute approximate surface area is 83.4 Å². The zero-order valence-electron chi connectivity index (χ0n) is 7.75. The fraction of sp³-hybridized carbons (Fsp3) is 0.600. The largest absolute Gasteiger partial charge is 0.314 e. The Bertz CT molecular complexity index is 227. The van der Waals surface area contributed by atoms with Gasteiger partial charge in [0, 0.05) is 30.6 Å². The summed E-state index contributed by atoms with van der Waals surface area (Å²) in [6, 6.07) is 5.03. The third-order valence-electron chi connectivity index (χ3n) is 2.44. The molecular weight excluding hydrogens is 180 g/mol. The van der Waals surface area contributed by atoms with Crippen LogP contribution in [0, 0.1) is 0 Å². The number of aryl methyl sites for hydroxylation is 1. The average Bonchev–Trinajstić information content (AvgIpc) is 2.69. The quantitative estimate of drug-likeness (QED) is 0.760. The van der Waals surface area contributed by atoms with E-state index in [1.807, 2.05) is 11.3 Å². The van der Waals surface area contributed by atoms with Crippen molar-refractivity contribution in [3.8, 4) is 0 Å². The van der Waals surface area contributed by atoms with Gasteiger partial charge in [-0.05, 0) is 24.3 Å². The van der Waals surface area contributed by atoms with Crippen LogP contribution in [0.15, 0.2) is 17.5 Å². The fourth-order valence-corrected chi connectivity index (χ4v) is 2.41. The molecule has 2 N–H and O–H groups in total. The zero-order valence-corrected chi connectivity index (χ0v) is 8.57. The molecule has 1 aromatic heterocycles. The molecule has 0 saturated carbocycles. The molecular formula is C10H16N2S. The number of hydrogen-bond donors (Lipinski definition) is 2. The Morgan fingerprint density at radius 3 is 3.15 bits per heavy atom. The molecule has 2 rings (SSSR count). The van der Waals surface area contributed by atoms with E-state index in [0.29, 0.717) is 6.04 Å². The third-order valence-corrected chi connectivity index (χ3v) is 3.38. The summed E-state index contributed by atoms with van der Waals surface area (Å²) in [4.78, 5) is 1.51. The van der Waals surface area contributed by atoms with E-state index in [2.05, 4.69) is 28.1 Å². The number of nitrogens with one attached hydrogen (secondary N) is 2. The highest BCUT2D eigenvalue weighted by molar-refractivity contribution is 7.09. The molecule has 0 aliphatic carbocycles. The molecule has 1 fully saturated rings. The Morgan fingerprint density at radius 1 is 1.46 bits per heavy atom. The van der Waals surface area contributed by atoms with Gasteiger partial charge in [0.2, 0.25) is 0 Å². The van der Waals surface area contributed by atoms with Gasteiger partial charge >= 0.3 is 0 Å². The summed E-state index contributed by atoms with van der Waals surface area (Å²) < 4.78 is 0. The lowest BCUT2D eigenvalue weighted by Gasteiger charge is -2.24. The first-order chi connectivity index (χ1) is 6.45. The van der Waals surface area contributed by atoms with Gasteiger partial charge in [0.15, 0.2) is 0 Å². The van der Waals surface area contributed by atoms with Crippen LogP contribution < -0.4 is 10.6 Å². The van der Waals surface area contributed by atoms with E-state index in [1.54, 1.807) is 0 Å². The second kappa shape index (κ2) is 4.74. The van der Waals surface area contributed by atoms with Crippen molar-refractivity contribution in [1.82, 2.24) is 10.6 Å². The van der Waals surface area contributed by atoms with Crippen molar-refractivity contribution in [2.75, 3.05) is 19.6 Å². The Balaban J connectivity index is 1.72. The molecule has 3 heteroatoms. The smallest absolute Gasteiger partial charge is 0.0196 e. The number of thiophene rings is 1. The van der Waals surface area contributed by atoms with Crippen molar-refractivity contribution in [1.29, 1.82) is 0 Å². The molecule has 1 unspecified atom stereocenters. The van der Waals surface area contributed by atoms with E-state index in [4.69, 9.17) is 0 Å². The first-order valence-corrected chi connectivity index (χ1v) is 5.79. The number of piperazine rings is 1. The minimum Gasteiger partial charge on any atom is -0.314 e. The summed E-state index contributed by atoms with van der Waals surface area (Å²) in [7, 11) is 0. The van der Waals surface area contributed by atoms with Crippen LogP contribution in [0.1, 0.15) is 11.3 Å². The van der Waals surface area contributed by atoms with Crippen molar-refractivity contribution < 1.29 is 0 Å². The molecule has 0 radical (unpaired) electrons. The topological polar surface area (TPSA) is 24.1 Å². The predicted molar refractivity (Wildman–Crippen MR) is 57.3 cm³/mol. The van der Waals surface area contributed by atoms with Gasteiger partial charge in [-0.15, -0.1) is 11.3 Å². The van der Waals surface area contributed by atoms with Gasteiger partial charge in [-0.3, -0.25) is 0 Å². The molecule has 1 atom stereocenters. The average molecular weight is 196 g/mol. The number of rotatable bonds is 3. The van der Waals surface area contributed by atoms with Crippen LogP contribution in [0.3, 0.4) is 0 Å². The lowest BCUT2D eigenvalue weighted by molar-refractivity contribution is 0.400. The van der Waals surface area contributed by atoms with Crippen LogP contribution in [0.5, 0.6) is 0 Å². The molecule has 1 aromatic rings. The van der Waals surface area contributed by atoms with Gasteiger partial charge in [0.05, 0.1) is 0 Å². The van der Waals surface area contributed by atoms with Crippen molar-refractivity contribution in [3.05, 3.63) is 22.4 Å². The zero-order chi connectivity index (χ0) is 8.93. The molecule has 0 spiro atoms.